The van der Waals surface area contributed by atoms with E-state index >= 15 is 0 Å². The number of aromatic nitrogens is 2. The second-order valence-corrected chi connectivity index (χ2v) is 9.23. The maximum Gasteiger partial charge on any atom is 0.263 e. The monoisotopic (exact) mass is 475 g/mol. The average molecular weight is 476 g/mol. The number of unbranched alkanes of at least 4 members (excludes halogenated alkanes) is 1. The molecule has 7 nitrogen and oxygen atoms in total. The van der Waals surface area contributed by atoms with Crippen molar-refractivity contribution in [3.63, 3.8) is 0 Å². The van der Waals surface area contributed by atoms with Gasteiger partial charge in [0.1, 0.15) is 0 Å². The Morgan fingerprint density at radius 1 is 0.935 bits per heavy atom. The normalized spacial score (nSPS) is 11.0. The zero-order valence-electron chi connectivity index (χ0n) is 16.8. The van der Waals surface area contributed by atoms with Gasteiger partial charge in [-0.25, -0.2) is 8.42 Å². The summed E-state index contributed by atoms with van der Waals surface area (Å²) in [5.74, 6) is 0.0812. The highest BCUT2D eigenvalue weighted by molar-refractivity contribution is 7.92. The Labute approximate surface area is 192 Å². The van der Waals surface area contributed by atoms with E-state index in [1.807, 2.05) is 12.1 Å². The molecule has 0 fully saturated rings. The zero-order chi connectivity index (χ0) is 22.3. The molecule has 0 spiro atoms. The SMILES string of the molecule is CCCCc1ccc(NC(=S)Nc2ccc(S(=O)(=O)Nc3ccc(Cl)nn3)cc2)cc1. The Kier molecular flexibility index (Phi) is 7.78. The summed E-state index contributed by atoms with van der Waals surface area (Å²) in [5, 5.41) is 14.1. The van der Waals surface area contributed by atoms with Crippen LogP contribution in [0.5, 0.6) is 0 Å². The summed E-state index contributed by atoms with van der Waals surface area (Å²) in [6.07, 6.45) is 3.40. The van der Waals surface area contributed by atoms with Crippen LogP contribution in [-0.2, 0) is 16.4 Å². The Hall–Kier alpha value is -2.75. The Bertz CT molecular complexity index is 1120. The molecule has 0 saturated carbocycles. The molecule has 3 aromatic rings. The first-order chi connectivity index (χ1) is 14.9. The first kappa shape index (κ1) is 22.9. The van der Waals surface area contributed by atoms with Gasteiger partial charge in [0.2, 0.25) is 0 Å². The van der Waals surface area contributed by atoms with Gasteiger partial charge in [-0.05, 0) is 79.2 Å². The molecule has 0 aliphatic rings. The molecule has 3 rings (SSSR count). The summed E-state index contributed by atoms with van der Waals surface area (Å²) in [7, 11) is -3.80. The lowest BCUT2D eigenvalue weighted by Gasteiger charge is -2.12. The van der Waals surface area contributed by atoms with Crippen LogP contribution in [0, 0.1) is 0 Å². The molecule has 0 radical (unpaired) electrons. The van der Waals surface area contributed by atoms with Gasteiger partial charge in [-0.1, -0.05) is 37.1 Å². The molecule has 2 aromatic carbocycles. The van der Waals surface area contributed by atoms with Gasteiger partial charge in [-0.2, -0.15) is 0 Å². The van der Waals surface area contributed by atoms with Crippen LogP contribution >= 0.6 is 23.8 Å². The highest BCUT2D eigenvalue weighted by Gasteiger charge is 2.15. The number of anilines is 3. The minimum absolute atomic E-state index is 0.0799. The predicted molar refractivity (Wildman–Crippen MR) is 129 cm³/mol. The fraction of sp³-hybridized carbons (Fsp3) is 0.190. The van der Waals surface area contributed by atoms with Gasteiger partial charge in [0.25, 0.3) is 10.0 Å². The fourth-order valence-corrected chi connectivity index (χ4v) is 4.05. The smallest absolute Gasteiger partial charge is 0.263 e. The summed E-state index contributed by atoms with van der Waals surface area (Å²) >= 11 is 11.0. The van der Waals surface area contributed by atoms with E-state index < -0.39 is 10.0 Å². The van der Waals surface area contributed by atoms with E-state index in [-0.39, 0.29) is 15.9 Å². The van der Waals surface area contributed by atoms with E-state index in [9.17, 15) is 8.42 Å². The van der Waals surface area contributed by atoms with Crippen molar-refractivity contribution in [2.45, 2.75) is 31.1 Å². The third-order valence-electron chi connectivity index (χ3n) is 4.32. The largest absolute Gasteiger partial charge is 0.332 e. The van der Waals surface area contributed by atoms with Crippen LogP contribution in [0.4, 0.5) is 17.2 Å². The van der Waals surface area contributed by atoms with E-state index in [1.165, 1.54) is 42.7 Å². The number of hydrogen-bond donors (Lipinski definition) is 3. The van der Waals surface area contributed by atoms with Crippen LogP contribution in [0.25, 0.3) is 0 Å². The molecule has 0 amide bonds. The highest BCUT2D eigenvalue weighted by atomic mass is 35.5. The van der Waals surface area contributed by atoms with E-state index in [0.29, 0.717) is 10.8 Å². The number of nitrogens with zero attached hydrogens (tertiary/aromatic N) is 2. The number of aryl methyl sites for hydroxylation is 1. The molecule has 10 heteroatoms. The fourth-order valence-electron chi connectivity index (χ4n) is 2.71. The molecule has 31 heavy (non-hydrogen) atoms. The van der Waals surface area contributed by atoms with Crippen molar-refractivity contribution in [3.05, 3.63) is 71.4 Å². The van der Waals surface area contributed by atoms with Crippen LogP contribution in [0.1, 0.15) is 25.3 Å². The third-order valence-corrected chi connectivity index (χ3v) is 6.10. The quantitative estimate of drug-likeness (QED) is 0.391. The van der Waals surface area contributed by atoms with Crippen LogP contribution in [0.3, 0.4) is 0 Å². The molecule has 0 saturated heterocycles. The summed E-state index contributed by atoms with van der Waals surface area (Å²) in [4.78, 5) is 0.0799. The second kappa shape index (κ2) is 10.5. The number of benzene rings is 2. The maximum atomic E-state index is 12.5. The molecule has 1 heterocycles. The number of halogens is 1. The molecule has 0 unspecified atom stereocenters. The van der Waals surface area contributed by atoms with Crippen molar-refractivity contribution in [3.8, 4) is 0 Å². The summed E-state index contributed by atoms with van der Waals surface area (Å²) < 4.78 is 27.3. The van der Waals surface area contributed by atoms with Gasteiger partial charge in [0.15, 0.2) is 16.1 Å². The molecule has 3 N–H and O–H groups in total. The minimum atomic E-state index is -3.80. The molecule has 0 aliphatic heterocycles. The van der Waals surface area contributed by atoms with Crippen LogP contribution < -0.4 is 15.4 Å². The molecule has 1 aromatic heterocycles. The lowest BCUT2D eigenvalue weighted by molar-refractivity contribution is 0.601. The Morgan fingerprint density at radius 3 is 2.10 bits per heavy atom. The van der Waals surface area contributed by atoms with Gasteiger partial charge in [-0.3, -0.25) is 4.72 Å². The topological polar surface area (TPSA) is 96.0 Å². The van der Waals surface area contributed by atoms with Crippen molar-refractivity contribution in [1.82, 2.24) is 10.2 Å². The molecular formula is C21H22ClN5O2S2. The highest BCUT2D eigenvalue weighted by Crippen LogP contribution is 2.18. The first-order valence-corrected chi connectivity index (χ1v) is 11.9. The average Bonchev–Trinajstić information content (AvgIpc) is 2.75. The van der Waals surface area contributed by atoms with E-state index in [1.54, 1.807) is 12.1 Å². The standard InChI is InChI=1S/C21H22ClN5O2S2/c1-2-3-4-15-5-7-16(8-6-15)23-21(30)24-17-9-11-18(12-10-17)31(28,29)27-20-14-13-19(22)25-26-20/h5-14H,2-4H2,1H3,(H,26,27)(H2,23,24,30). The van der Waals surface area contributed by atoms with Crippen LogP contribution in [0.15, 0.2) is 65.6 Å². The van der Waals surface area contributed by atoms with Crippen molar-refractivity contribution < 1.29 is 8.42 Å². The molecule has 0 aliphatic carbocycles. The number of sulfonamides is 1. The van der Waals surface area contributed by atoms with E-state index in [4.69, 9.17) is 23.8 Å². The Morgan fingerprint density at radius 2 is 1.55 bits per heavy atom. The number of nitrogens with one attached hydrogen (secondary N) is 3. The second-order valence-electron chi connectivity index (χ2n) is 6.75. The number of thiocarbonyl (C=S) groups is 1. The molecule has 0 atom stereocenters. The summed E-state index contributed by atoms with van der Waals surface area (Å²) in [6, 6.07) is 17.2. The number of hydrogen-bond acceptors (Lipinski definition) is 5. The molecule has 0 bridgehead atoms. The molecular weight excluding hydrogens is 454 g/mol. The van der Waals surface area contributed by atoms with Gasteiger partial charge >= 0.3 is 0 Å². The van der Waals surface area contributed by atoms with Crippen molar-refractivity contribution in [1.29, 1.82) is 0 Å². The van der Waals surface area contributed by atoms with Crippen LogP contribution in [0.2, 0.25) is 5.15 Å². The van der Waals surface area contributed by atoms with Crippen molar-refractivity contribution in [2.75, 3.05) is 15.4 Å². The van der Waals surface area contributed by atoms with E-state index in [0.717, 1.165) is 12.1 Å². The summed E-state index contributed by atoms with van der Waals surface area (Å²) in [6.45, 7) is 2.17. The molecule has 162 valence electrons. The summed E-state index contributed by atoms with van der Waals surface area (Å²) in [5.41, 5.74) is 2.83. The number of rotatable bonds is 8. The maximum absolute atomic E-state index is 12.5. The minimum Gasteiger partial charge on any atom is -0.332 e. The lowest BCUT2D eigenvalue weighted by Crippen LogP contribution is -2.19. The van der Waals surface area contributed by atoms with Gasteiger partial charge in [0, 0.05) is 11.4 Å². The van der Waals surface area contributed by atoms with Gasteiger partial charge in [0.05, 0.1) is 4.90 Å². The van der Waals surface area contributed by atoms with Crippen molar-refractivity contribution in [2.24, 2.45) is 0 Å². The van der Waals surface area contributed by atoms with Gasteiger partial charge < -0.3 is 10.6 Å². The van der Waals surface area contributed by atoms with Crippen molar-refractivity contribution >= 4 is 56.1 Å². The zero-order valence-corrected chi connectivity index (χ0v) is 19.2. The van der Waals surface area contributed by atoms with Crippen LogP contribution in [-0.4, -0.2) is 23.7 Å². The third kappa shape index (κ3) is 6.88. The lowest BCUT2D eigenvalue weighted by atomic mass is 10.1. The first-order valence-electron chi connectivity index (χ1n) is 9.65. The van der Waals surface area contributed by atoms with E-state index in [2.05, 4.69) is 44.6 Å². The Balaban J connectivity index is 1.58. The van der Waals surface area contributed by atoms with Gasteiger partial charge in [-0.15, -0.1) is 10.2 Å². The predicted octanol–water partition coefficient (Wildman–Crippen LogP) is 5.08.